The summed E-state index contributed by atoms with van der Waals surface area (Å²) >= 11 is 0. The Morgan fingerprint density at radius 1 is 1.53 bits per heavy atom. The lowest BCUT2D eigenvalue weighted by atomic mass is 10.4. The summed E-state index contributed by atoms with van der Waals surface area (Å²) in [6, 6.07) is 0. The molecule has 1 fully saturated rings. The van der Waals surface area contributed by atoms with Crippen molar-refractivity contribution in [3.8, 4) is 0 Å². The third kappa shape index (κ3) is 2.86. The average Bonchev–Trinajstić information content (AvgIpc) is 2.28. The molecular weight excluding hydrogens is 204 g/mol. The third-order valence-electron chi connectivity index (χ3n) is 2.10. The Morgan fingerprint density at radius 3 is 2.60 bits per heavy atom. The summed E-state index contributed by atoms with van der Waals surface area (Å²) in [5.74, 6) is 0. The average molecular weight is 218 g/mol. The summed E-state index contributed by atoms with van der Waals surface area (Å²) in [7, 11) is 0. The maximum absolute atomic E-state index is 11.3. The van der Waals surface area contributed by atoms with Crippen LogP contribution in [-0.2, 0) is 4.74 Å². The standard InChI is InChI=1S/C7H14N4O4/c1-2-15-7(12)9-3-5-10(6-4-9)11(14)8-13/h13H,2-6H2,1H3/b11-8+. The van der Waals surface area contributed by atoms with E-state index in [1.54, 1.807) is 6.92 Å². The first-order valence-corrected chi connectivity index (χ1v) is 4.68. The molecule has 1 aliphatic rings. The van der Waals surface area contributed by atoms with Crippen molar-refractivity contribution in [1.29, 1.82) is 0 Å². The van der Waals surface area contributed by atoms with Crippen LogP contribution in [-0.4, -0.2) is 59.0 Å². The molecule has 8 nitrogen and oxygen atoms in total. The molecule has 86 valence electrons. The molecule has 8 heteroatoms. The van der Waals surface area contributed by atoms with Crippen molar-refractivity contribution >= 4 is 6.09 Å². The molecule has 0 saturated carbocycles. The van der Waals surface area contributed by atoms with Crippen LogP contribution < -0.4 is 0 Å². The summed E-state index contributed by atoms with van der Waals surface area (Å²) in [6.07, 6.45) is -0.379. The van der Waals surface area contributed by atoms with E-state index in [-0.39, 0.29) is 11.1 Å². The maximum Gasteiger partial charge on any atom is 0.409 e. The molecule has 0 aromatic heterocycles. The van der Waals surface area contributed by atoms with Gasteiger partial charge in [-0.3, -0.25) is 0 Å². The van der Waals surface area contributed by atoms with Crippen LogP contribution in [0.5, 0.6) is 0 Å². The lowest BCUT2D eigenvalue weighted by molar-refractivity contribution is -0.711. The highest BCUT2D eigenvalue weighted by Crippen LogP contribution is 2.03. The van der Waals surface area contributed by atoms with Crippen molar-refractivity contribution in [2.24, 2.45) is 5.28 Å². The topological polar surface area (TPSA) is 91.4 Å². The van der Waals surface area contributed by atoms with Gasteiger partial charge in [-0.05, 0) is 6.92 Å². The number of carbonyl (C=O) groups excluding carboxylic acids is 1. The minimum atomic E-state index is -0.379. The highest BCUT2D eigenvalue weighted by molar-refractivity contribution is 5.67. The van der Waals surface area contributed by atoms with Gasteiger partial charge in [0, 0.05) is 13.1 Å². The zero-order valence-corrected chi connectivity index (χ0v) is 8.50. The van der Waals surface area contributed by atoms with Crippen LogP contribution in [0.15, 0.2) is 5.28 Å². The van der Waals surface area contributed by atoms with E-state index in [9.17, 15) is 10.0 Å². The van der Waals surface area contributed by atoms with Crippen molar-refractivity contribution in [2.45, 2.75) is 6.92 Å². The lowest BCUT2D eigenvalue weighted by Gasteiger charge is -2.30. The summed E-state index contributed by atoms with van der Waals surface area (Å²) < 4.78 is 4.81. The minimum absolute atomic E-state index is 0.114. The second-order valence-electron chi connectivity index (χ2n) is 2.98. The van der Waals surface area contributed by atoms with Gasteiger partial charge in [-0.15, -0.1) is 5.01 Å². The molecule has 0 unspecified atom stereocenters. The van der Waals surface area contributed by atoms with Gasteiger partial charge in [-0.2, -0.15) is 0 Å². The Morgan fingerprint density at radius 2 is 2.13 bits per heavy atom. The number of amides is 1. The predicted octanol–water partition coefficient (Wildman–Crippen LogP) is 0.0272. The molecule has 1 amide bonds. The van der Waals surface area contributed by atoms with Gasteiger partial charge in [0.2, 0.25) is 5.28 Å². The number of hydrogen-bond acceptors (Lipinski definition) is 4. The normalized spacial score (nSPS) is 17.8. The highest BCUT2D eigenvalue weighted by Gasteiger charge is 2.25. The van der Waals surface area contributed by atoms with Gasteiger partial charge < -0.3 is 20.1 Å². The van der Waals surface area contributed by atoms with Gasteiger partial charge in [-0.25, -0.2) is 4.79 Å². The van der Waals surface area contributed by atoms with E-state index >= 15 is 0 Å². The molecule has 1 aliphatic heterocycles. The van der Waals surface area contributed by atoms with Gasteiger partial charge in [0.15, 0.2) is 0 Å². The fourth-order valence-electron chi connectivity index (χ4n) is 1.32. The molecule has 0 aromatic carbocycles. The quantitative estimate of drug-likeness (QED) is 0.401. The summed E-state index contributed by atoms with van der Waals surface area (Å²) in [5, 5.41) is 22.9. The van der Waals surface area contributed by atoms with E-state index in [1.165, 1.54) is 9.91 Å². The van der Waals surface area contributed by atoms with Gasteiger partial charge in [0.25, 0.3) is 0 Å². The molecule has 0 aromatic rings. The highest BCUT2D eigenvalue weighted by atomic mass is 16.6. The lowest BCUT2D eigenvalue weighted by Crippen LogP contribution is -2.50. The van der Waals surface area contributed by atoms with Crippen LogP contribution in [0.4, 0.5) is 4.79 Å². The number of rotatable bonds is 2. The van der Waals surface area contributed by atoms with E-state index in [0.29, 0.717) is 32.8 Å². The van der Waals surface area contributed by atoms with Gasteiger partial charge >= 0.3 is 6.09 Å². The van der Waals surface area contributed by atoms with E-state index in [4.69, 9.17) is 9.94 Å². The fourth-order valence-corrected chi connectivity index (χ4v) is 1.32. The second kappa shape index (κ2) is 5.23. The van der Waals surface area contributed by atoms with Crippen LogP contribution in [0.3, 0.4) is 0 Å². The van der Waals surface area contributed by atoms with E-state index in [0.717, 1.165) is 0 Å². The van der Waals surface area contributed by atoms with Crippen LogP contribution in [0.2, 0.25) is 0 Å². The summed E-state index contributed by atoms with van der Waals surface area (Å²) in [4.78, 5) is 12.9. The van der Waals surface area contributed by atoms with Crippen molar-refractivity contribution < 1.29 is 19.7 Å². The van der Waals surface area contributed by atoms with E-state index in [1.807, 2.05) is 0 Å². The number of ether oxygens (including phenoxy) is 1. The van der Waals surface area contributed by atoms with E-state index < -0.39 is 0 Å². The Hall–Kier alpha value is -1.73. The number of carbonyl (C=O) groups is 1. The first kappa shape index (κ1) is 11.3. The number of nitrogens with zero attached hydrogens (tertiary/aromatic N) is 4. The number of hydrogen-bond donors (Lipinski definition) is 1. The van der Waals surface area contributed by atoms with Gasteiger partial charge in [-0.1, -0.05) is 0 Å². The van der Waals surface area contributed by atoms with Crippen molar-refractivity contribution in [1.82, 2.24) is 9.91 Å². The molecule has 0 spiro atoms. The van der Waals surface area contributed by atoms with Gasteiger partial charge in [0.1, 0.15) is 0 Å². The van der Waals surface area contributed by atoms with Crippen LogP contribution in [0.25, 0.3) is 0 Å². The third-order valence-corrected chi connectivity index (χ3v) is 2.10. The van der Waals surface area contributed by atoms with Crippen LogP contribution in [0.1, 0.15) is 6.92 Å². The largest absolute Gasteiger partial charge is 0.569 e. The second-order valence-corrected chi connectivity index (χ2v) is 2.98. The smallest absolute Gasteiger partial charge is 0.409 e. The SMILES string of the molecule is CCOC(=O)N1CCN(/[N+]([O-])=N\O)CC1. The monoisotopic (exact) mass is 218 g/mol. The minimum Gasteiger partial charge on any atom is -0.569 e. The predicted molar refractivity (Wildman–Crippen MR) is 48.0 cm³/mol. The Kier molecular flexibility index (Phi) is 3.95. The van der Waals surface area contributed by atoms with E-state index in [2.05, 4.69) is 5.28 Å². The zero-order chi connectivity index (χ0) is 11.3. The summed E-state index contributed by atoms with van der Waals surface area (Å²) in [5.41, 5.74) is 0. The molecule has 1 N–H and O–H groups in total. The zero-order valence-electron chi connectivity index (χ0n) is 8.50. The molecule has 0 atom stereocenters. The van der Waals surface area contributed by atoms with Crippen molar-refractivity contribution in [3.05, 3.63) is 5.21 Å². The fraction of sp³-hybridized carbons (Fsp3) is 0.857. The Bertz CT molecular complexity index is 249. The van der Waals surface area contributed by atoms with Crippen molar-refractivity contribution in [3.63, 3.8) is 0 Å². The first-order valence-electron chi connectivity index (χ1n) is 4.68. The number of hydrazine groups is 1. The van der Waals surface area contributed by atoms with Crippen LogP contribution in [0, 0.1) is 5.21 Å². The molecule has 15 heavy (non-hydrogen) atoms. The molecular formula is C7H14N4O4. The molecule has 0 bridgehead atoms. The molecule has 1 rings (SSSR count). The molecule has 0 aliphatic carbocycles. The van der Waals surface area contributed by atoms with Crippen LogP contribution >= 0.6 is 0 Å². The van der Waals surface area contributed by atoms with Crippen molar-refractivity contribution in [2.75, 3.05) is 32.8 Å². The number of piperazine rings is 1. The Balaban J connectivity index is 2.39. The summed E-state index contributed by atoms with van der Waals surface area (Å²) in [6.45, 7) is 3.48. The Labute approximate surface area is 86.8 Å². The molecule has 0 radical (unpaired) electrons. The maximum atomic E-state index is 11.3. The van der Waals surface area contributed by atoms with Gasteiger partial charge in [0.05, 0.1) is 24.7 Å². The molecule has 1 heterocycles. The first-order chi connectivity index (χ1) is 7.19. The molecule has 1 saturated heterocycles.